The van der Waals surface area contributed by atoms with Crippen LogP contribution in [0.15, 0.2) is 29.2 Å². The summed E-state index contributed by atoms with van der Waals surface area (Å²) in [7, 11) is -3.36. The molecule has 0 heterocycles. The molecule has 2 rings (SSSR count). The summed E-state index contributed by atoms with van der Waals surface area (Å²) < 4.78 is 26.9. The highest BCUT2D eigenvalue weighted by Gasteiger charge is 2.38. The zero-order chi connectivity index (χ0) is 13.9. The maximum absolute atomic E-state index is 12.1. The standard InChI is InChI=1S/C14H22N2O2S/c1-3-15-10-12-4-6-13(7-5-12)19(17,18)16-11-14(2)8-9-14/h4-7,15-16H,3,8-11H2,1-2H3. The predicted octanol–water partition coefficient (Wildman–Crippen LogP) is 1.87. The summed E-state index contributed by atoms with van der Waals surface area (Å²) in [6.45, 7) is 6.35. The van der Waals surface area contributed by atoms with Gasteiger partial charge in [-0.25, -0.2) is 13.1 Å². The Kier molecular flexibility index (Phi) is 4.28. The van der Waals surface area contributed by atoms with E-state index in [0.29, 0.717) is 11.4 Å². The van der Waals surface area contributed by atoms with Crippen molar-refractivity contribution in [2.24, 2.45) is 5.41 Å². The van der Waals surface area contributed by atoms with Crippen molar-refractivity contribution >= 4 is 10.0 Å². The maximum Gasteiger partial charge on any atom is 0.240 e. The zero-order valence-electron chi connectivity index (χ0n) is 11.6. The van der Waals surface area contributed by atoms with Crippen LogP contribution in [0.2, 0.25) is 0 Å². The lowest BCUT2D eigenvalue weighted by Crippen LogP contribution is -2.29. The number of nitrogens with one attached hydrogen (secondary N) is 2. The lowest BCUT2D eigenvalue weighted by Gasteiger charge is -2.11. The van der Waals surface area contributed by atoms with Crippen molar-refractivity contribution < 1.29 is 8.42 Å². The fourth-order valence-electron chi connectivity index (χ4n) is 1.80. The summed E-state index contributed by atoms with van der Waals surface area (Å²) in [6, 6.07) is 7.06. The molecule has 0 spiro atoms. The SMILES string of the molecule is CCNCc1ccc(S(=O)(=O)NCC2(C)CC2)cc1. The first-order chi connectivity index (χ1) is 8.95. The van der Waals surface area contributed by atoms with Crippen LogP contribution in [0.5, 0.6) is 0 Å². The fourth-order valence-corrected chi connectivity index (χ4v) is 3.00. The molecule has 0 bridgehead atoms. The molecule has 0 radical (unpaired) electrons. The van der Waals surface area contributed by atoms with Gasteiger partial charge in [0.15, 0.2) is 0 Å². The molecule has 1 aromatic rings. The van der Waals surface area contributed by atoms with Crippen molar-refractivity contribution in [2.75, 3.05) is 13.1 Å². The second kappa shape index (κ2) is 5.61. The fraction of sp³-hybridized carbons (Fsp3) is 0.571. The van der Waals surface area contributed by atoms with Crippen LogP contribution >= 0.6 is 0 Å². The van der Waals surface area contributed by atoms with Crippen LogP contribution in [0.25, 0.3) is 0 Å². The Morgan fingerprint density at radius 3 is 2.37 bits per heavy atom. The highest BCUT2D eigenvalue weighted by Crippen LogP contribution is 2.44. The first-order valence-corrected chi connectivity index (χ1v) is 8.23. The van der Waals surface area contributed by atoms with E-state index in [4.69, 9.17) is 0 Å². The Morgan fingerprint density at radius 2 is 1.84 bits per heavy atom. The molecule has 0 aliphatic heterocycles. The van der Waals surface area contributed by atoms with Crippen molar-refractivity contribution in [3.8, 4) is 0 Å². The lowest BCUT2D eigenvalue weighted by atomic mass is 10.2. The van der Waals surface area contributed by atoms with Gasteiger partial charge in [0.1, 0.15) is 0 Å². The number of hydrogen-bond donors (Lipinski definition) is 2. The maximum atomic E-state index is 12.1. The molecule has 106 valence electrons. The molecule has 1 aromatic carbocycles. The molecule has 0 aromatic heterocycles. The second-order valence-corrected chi connectivity index (χ2v) is 7.33. The molecule has 0 unspecified atom stereocenters. The zero-order valence-corrected chi connectivity index (χ0v) is 12.4. The molecule has 5 heteroatoms. The van der Waals surface area contributed by atoms with Gasteiger partial charge in [-0.3, -0.25) is 0 Å². The van der Waals surface area contributed by atoms with Crippen molar-refractivity contribution in [3.63, 3.8) is 0 Å². The Hall–Kier alpha value is -0.910. The van der Waals surface area contributed by atoms with Gasteiger partial charge in [-0.15, -0.1) is 0 Å². The molecule has 19 heavy (non-hydrogen) atoms. The van der Waals surface area contributed by atoms with E-state index in [-0.39, 0.29) is 5.41 Å². The van der Waals surface area contributed by atoms with Gasteiger partial charge >= 0.3 is 0 Å². The van der Waals surface area contributed by atoms with Crippen LogP contribution < -0.4 is 10.0 Å². The van der Waals surface area contributed by atoms with Crippen LogP contribution in [0.1, 0.15) is 32.3 Å². The monoisotopic (exact) mass is 282 g/mol. The molecule has 0 amide bonds. The van der Waals surface area contributed by atoms with E-state index < -0.39 is 10.0 Å². The van der Waals surface area contributed by atoms with Crippen molar-refractivity contribution in [1.82, 2.24) is 10.0 Å². The smallest absolute Gasteiger partial charge is 0.240 e. The van der Waals surface area contributed by atoms with E-state index in [1.807, 2.05) is 19.1 Å². The van der Waals surface area contributed by atoms with Crippen LogP contribution in [0.4, 0.5) is 0 Å². The third-order valence-electron chi connectivity index (χ3n) is 3.61. The van der Waals surface area contributed by atoms with E-state index in [9.17, 15) is 8.42 Å². The van der Waals surface area contributed by atoms with E-state index in [0.717, 1.165) is 31.5 Å². The van der Waals surface area contributed by atoms with Crippen molar-refractivity contribution in [1.29, 1.82) is 0 Å². The van der Waals surface area contributed by atoms with E-state index >= 15 is 0 Å². The average Bonchev–Trinajstić information content (AvgIpc) is 3.13. The minimum absolute atomic E-state index is 0.179. The van der Waals surface area contributed by atoms with Crippen molar-refractivity contribution in [2.45, 2.75) is 38.1 Å². The second-order valence-electron chi connectivity index (χ2n) is 5.56. The van der Waals surface area contributed by atoms with Gasteiger partial charge in [-0.1, -0.05) is 26.0 Å². The minimum Gasteiger partial charge on any atom is -0.313 e. The minimum atomic E-state index is -3.36. The molecule has 1 saturated carbocycles. The Balaban J connectivity index is 1.99. The summed E-state index contributed by atoms with van der Waals surface area (Å²) in [5, 5.41) is 3.21. The van der Waals surface area contributed by atoms with Gasteiger partial charge in [-0.05, 0) is 42.5 Å². The van der Waals surface area contributed by atoms with Crippen LogP contribution in [0, 0.1) is 5.41 Å². The third-order valence-corrected chi connectivity index (χ3v) is 5.02. The average molecular weight is 282 g/mol. The van der Waals surface area contributed by atoms with Crippen LogP contribution in [-0.4, -0.2) is 21.5 Å². The van der Waals surface area contributed by atoms with E-state index in [1.165, 1.54) is 0 Å². The molecule has 0 atom stereocenters. The summed E-state index contributed by atoms with van der Waals surface area (Å²) in [6.07, 6.45) is 2.22. The van der Waals surface area contributed by atoms with E-state index in [2.05, 4.69) is 17.0 Å². The van der Waals surface area contributed by atoms with Crippen LogP contribution in [-0.2, 0) is 16.6 Å². The van der Waals surface area contributed by atoms with Gasteiger partial charge in [0, 0.05) is 13.1 Å². The number of hydrogen-bond acceptors (Lipinski definition) is 3. The molecule has 4 nitrogen and oxygen atoms in total. The summed E-state index contributed by atoms with van der Waals surface area (Å²) in [5.41, 5.74) is 1.27. The quantitative estimate of drug-likeness (QED) is 0.803. The molecular formula is C14H22N2O2S. The highest BCUT2D eigenvalue weighted by molar-refractivity contribution is 7.89. The molecule has 0 saturated heterocycles. The topological polar surface area (TPSA) is 58.2 Å². The Labute approximate surface area is 115 Å². The van der Waals surface area contributed by atoms with Gasteiger partial charge < -0.3 is 5.32 Å². The van der Waals surface area contributed by atoms with E-state index in [1.54, 1.807) is 12.1 Å². The van der Waals surface area contributed by atoms with Gasteiger partial charge in [0.05, 0.1) is 4.90 Å². The number of sulfonamides is 1. The Morgan fingerprint density at radius 1 is 1.21 bits per heavy atom. The lowest BCUT2D eigenvalue weighted by molar-refractivity contribution is 0.530. The van der Waals surface area contributed by atoms with Gasteiger partial charge in [-0.2, -0.15) is 0 Å². The predicted molar refractivity (Wildman–Crippen MR) is 76.4 cm³/mol. The normalized spacial score (nSPS) is 17.4. The Bertz CT molecular complexity index is 519. The van der Waals surface area contributed by atoms with Crippen molar-refractivity contribution in [3.05, 3.63) is 29.8 Å². The molecule has 1 aliphatic carbocycles. The summed E-state index contributed by atoms with van der Waals surface area (Å²) >= 11 is 0. The van der Waals surface area contributed by atoms with Gasteiger partial charge in [0.2, 0.25) is 10.0 Å². The molecule has 1 fully saturated rings. The molecule has 2 N–H and O–H groups in total. The van der Waals surface area contributed by atoms with Crippen LogP contribution in [0.3, 0.4) is 0 Å². The third kappa shape index (κ3) is 4.03. The largest absolute Gasteiger partial charge is 0.313 e. The first kappa shape index (κ1) is 14.5. The number of rotatable bonds is 7. The number of benzene rings is 1. The van der Waals surface area contributed by atoms with Gasteiger partial charge in [0.25, 0.3) is 0 Å². The highest BCUT2D eigenvalue weighted by atomic mass is 32.2. The first-order valence-electron chi connectivity index (χ1n) is 6.74. The molecule has 1 aliphatic rings. The summed E-state index contributed by atoms with van der Waals surface area (Å²) in [4.78, 5) is 0.344. The molecular weight excluding hydrogens is 260 g/mol. The summed E-state index contributed by atoms with van der Waals surface area (Å²) in [5.74, 6) is 0.